The molecule has 3 heteroatoms. The number of nitrogens with one attached hydrogen (secondary N) is 1. The SMILES string of the molecule is CCCC1NC(CCC)N(C2CCCCCC2)C1=O. The first-order valence-corrected chi connectivity index (χ1v) is 8.36. The largest absolute Gasteiger partial charge is 0.323 e. The maximum Gasteiger partial charge on any atom is 0.241 e. The zero-order valence-corrected chi connectivity index (χ0v) is 12.7. The molecule has 0 aromatic rings. The molecule has 2 atom stereocenters. The molecule has 2 aliphatic rings. The highest BCUT2D eigenvalue weighted by molar-refractivity contribution is 5.84. The van der Waals surface area contributed by atoms with E-state index in [1.165, 1.54) is 38.5 Å². The summed E-state index contributed by atoms with van der Waals surface area (Å²) in [5, 5.41) is 3.59. The molecule has 1 saturated heterocycles. The molecule has 3 nitrogen and oxygen atoms in total. The number of hydrogen-bond donors (Lipinski definition) is 1. The van der Waals surface area contributed by atoms with Crippen LogP contribution in [0.5, 0.6) is 0 Å². The van der Waals surface area contributed by atoms with Crippen molar-refractivity contribution in [3.05, 3.63) is 0 Å². The van der Waals surface area contributed by atoms with Gasteiger partial charge in [-0.15, -0.1) is 0 Å². The quantitative estimate of drug-likeness (QED) is 0.773. The molecule has 1 aliphatic carbocycles. The molecule has 2 unspecified atom stereocenters. The Morgan fingerprint density at radius 1 is 1.05 bits per heavy atom. The van der Waals surface area contributed by atoms with Crippen molar-refractivity contribution in [1.82, 2.24) is 10.2 Å². The zero-order chi connectivity index (χ0) is 13.7. The van der Waals surface area contributed by atoms with Gasteiger partial charge in [-0.25, -0.2) is 0 Å². The molecule has 1 heterocycles. The van der Waals surface area contributed by atoms with Gasteiger partial charge >= 0.3 is 0 Å². The second kappa shape index (κ2) is 7.28. The van der Waals surface area contributed by atoms with Crippen LogP contribution in [0.2, 0.25) is 0 Å². The summed E-state index contributed by atoms with van der Waals surface area (Å²) >= 11 is 0. The fraction of sp³-hybridized carbons (Fsp3) is 0.938. The van der Waals surface area contributed by atoms with Crippen LogP contribution in [-0.2, 0) is 4.79 Å². The molecule has 1 N–H and O–H groups in total. The van der Waals surface area contributed by atoms with Gasteiger partial charge in [-0.2, -0.15) is 0 Å². The van der Waals surface area contributed by atoms with Crippen LogP contribution < -0.4 is 5.32 Å². The van der Waals surface area contributed by atoms with Crippen molar-refractivity contribution < 1.29 is 4.79 Å². The predicted molar refractivity (Wildman–Crippen MR) is 78.9 cm³/mol. The van der Waals surface area contributed by atoms with Crippen LogP contribution >= 0.6 is 0 Å². The Labute approximate surface area is 118 Å². The van der Waals surface area contributed by atoms with Gasteiger partial charge < -0.3 is 4.90 Å². The van der Waals surface area contributed by atoms with Gasteiger partial charge in [0.05, 0.1) is 12.2 Å². The van der Waals surface area contributed by atoms with Crippen molar-refractivity contribution in [2.45, 2.75) is 96.3 Å². The summed E-state index contributed by atoms with van der Waals surface area (Å²) < 4.78 is 0. The molecule has 0 aromatic heterocycles. The standard InChI is InChI=1S/C16H30N2O/c1-3-9-14-16(19)18(15(17-14)10-4-2)13-11-7-5-6-8-12-13/h13-15,17H,3-12H2,1-2H3. The van der Waals surface area contributed by atoms with Gasteiger partial charge in [0.1, 0.15) is 0 Å². The van der Waals surface area contributed by atoms with Gasteiger partial charge in [0.2, 0.25) is 5.91 Å². The van der Waals surface area contributed by atoms with Crippen LogP contribution in [-0.4, -0.2) is 29.1 Å². The second-order valence-electron chi connectivity index (χ2n) is 6.20. The molecular weight excluding hydrogens is 236 g/mol. The van der Waals surface area contributed by atoms with Gasteiger partial charge in [-0.05, 0) is 25.7 Å². The van der Waals surface area contributed by atoms with Crippen molar-refractivity contribution in [2.75, 3.05) is 0 Å². The van der Waals surface area contributed by atoms with Crippen LogP contribution in [0.15, 0.2) is 0 Å². The smallest absolute Gasteiger partial charge is 0.241 e. The average molecular weight is 266 g/mol. The van der Waals surface area contributed by atoms with E-state index in [0.29, 0.717) is 18.1 Å². The number of hydrogen-bond acceptors (Lipinski definition) is 2. The first kappa shape index (κ1) is 14.8. The first-order valence-electron chi connectivity index (χ1n) is 8.36. The minimum absolute atomic E-state index is 0.0878. The maximum atomic E-state index is 12.7. The molecule has 0 aromatic carbocycles. The topological polar surface area (TPSA) is 32.3 Å². The monoisotopic (exact) mass is 266 g/mol. The highest BCUT2D eigenvalue weighted by Gasteiger charge is 2.41. The van der Waals surface area contributed by atoms with Crippen LogP contribution in [0.4, 0.5) is 0 Å². The molecule has 2 fully saturated rings. The van der Waals surface area contributed by atoms with Gasteiger partial charge in [-0.3, -0.25) is 10.1 Å². The number of amides is 1. The third-order valence-electron chi connectivity index (χ3n) is 4.64. The zero-order valence-electron chi connectivity index (χ0n) is 12.7. The van der Waals surface area contributed by atoms with E-state index in [0.717, 1.165) is 25.7 Å². The van der Waals surface area contributed by atoms with Crippen molar-refractivity contribution >= 4 is 5.91 Å². The summed E-state index contributed by atoms with van der Waals surface area (Å²) in [5.74, 6) is 0.382. The fourth-order valence-electron chi connectivity index (χ4n) is 3.68. The lowest BCUT2D eigenvalue weighted by Gasteiger charge is -2.32. The van der Waals surface area contributed by atoms with Gasteiger partial charge in [0.25, 0.3) is 0 Å². The summed E-state index contributed by atoms with van der Waals surface area (Å²) in [7, 11) is 0. The molecule has 19 heavy (non-hydrogen) atoms. The first-order chi connectivity index (χ1) is 9.27. The predicted octanol–water partition coefficient (Wildman–Crippen LogP) is 3.44. The van der Waals surface area contributed by atoms with E-state index in [-0.39, 0.29) is 6.04 Å². The Bertz CT molecular complexity index is 284. The highest BCUT2D eigenvalue weighted by Crippen LogP contribution is 2.28. The third-order valence-corrected chi connectivity index (χ3v) is 4.64. The van der Waals surface area contributed by atoms with E-state index in [9.17, 15) is 4.79 Å². The van der Waals surface area contributed by atoms with E-state index >= 15 is 0 Å². The van der Waals surface area contributed by atoms with E-state index < -0.39 is 0 Å². The summed E-state index contributed by atoms with van der Waals surface area (Å²) in [6, 6.07) is 0.589. The van der Waals surface area contributed by atoms with Crippen LogP contribution in [0.3, 0.4) is 0 Å². The minimum Gasteiger partial charge on any atom is -0.323 e. The lowest BCUT2D eigenvalue weighted by molar-refractivity contribution is -0.132. The molecule has 1 aliphatic heterocycles. The van der Waals surface area contributed by atoms with Crippen molar-refractivity contribution in [3.8, 4) is 0 Å². The molecule has 2 rings (SSSR count). The molecule has 0 bridgehead atoms. The Morgan fingerprint density at radius 3 is 2.26 bits per heavy atom. The Kier molecular flexibility index (Phi) is 5.68. The Balaban J connectivity index is 2.06. The maximum absolute atomic E-state index is 12.7. The molecule has 110 valence electrons. The number of carbonyl (C=O) groups excluding carboxylic acids is 1. The highest BCUT2D eigenvalue weighted by atomic mass is 16.2. The molecule has 0 spiro atoms. The van der Waals surface area contributed by atoms with Crippen molar-refractivity contribution in [3.63, 3.8) is 0 Å². The Morgan fingerprint density at radius 2 is 1.68 bits per heavy atom. The number of rotatable bonds is 5. The summed E-state index contributed by atoms with van der Waals surface area (Å²) in [4.78, 5) is 14.9. The van der Waals surface area contributed by atoms with Gasteiger partial charge in [0.15, 0.2) is 0 Å². The lowest BCUT2D eigenvalue weighted by atomic mass is 10.1. The van der Waals surface area contributed by atoms with Crippen molar-refractivity contribution in [2.24, 2.45) is 0 Å². The second-order valence-corrected chi connectivity index (χ2v) is 6.20. The van der Waals surface area contributed by atoms with Gasteiger partial charge in [0, 0.05) is 6.04 Å². The summed E-state index contributed by atoms with van der Waals surface area (Å²) in [5.41, 5.74) is 0. The summed E-state index contributed by atoms with van der Waals surface area (Å²) in [6.45, 7) is 4.38. The van der Waals surface area contributed by atoms with Crippen LogP contribution in [0.25, 0.3) is 0 Å². The minimum atomic E-state index is 0.0878. The molecular formula is C16H30N2O. The van der Waals surface area contributed by atoms with E-state index in [1.807, 2.05) is 0 Å². The third kappa shape index (κ3) is 3.50. The lowest BCUT2D eigenvalue weighted by Crippen LogP contribution is -2.44. The van der Waals surface area contributed by atoms with Crippen LogP contribution in [0.1, 0.15) is 78.1 Å². The van der Waals surface area contributed by atoms with E-state index in [4.69, 9.17) is 0 Å². The molecule has 1 saturated carbocycles. The number of carbonyl (C=O) groups is 1. The van der Waals surface area contributed by atoms with Crippen LogP contribution in [0, 0.1) is 0 Å². The van der Waals surface area contributed by atoms with E-state index in [1.54, 1.807) is 0 Å². The summed E-state index contributed by atoms with van der Waals surface area (Å²) in [6.07, 6.45) is 12.3. The normalized spacial score (nSPS) is 29.8. The molecule has 0 radical (unpaired) electrons. The van der Waals surface area contributed by atoms with Gasteiger partial charge in [-0.1, -0.05) is 52.4 Å². The Hall–Kier alpha value is -0.570. The fourth-order valence-corrected chi connectivity index (χ4v) is 3.68. The molecule has 1 amide bonds. The van der Waals surface area contributed by atoms with E-state index in [2.05, 4.69) is 24.1 Å². The van der Waals surface area contributed by atoms with Crippen molar-refractivity contribution in [1.29, 1.82) is 0 Å². The number of nitrogens with zero attached hydrogens (tertiary/aromatic N) is 1. The average Bonchev–Trinajstić information content (AvgIpc) is 2.60.